The number of carbonyl (C=O) groups is 2. The van der Waals surface area contributed by atoms with Gasteiger partial charge in [-0.2, -0.15) is 5.10 Å². The summed E-state index contributed by atoms with van der Waals surface area (Å²) in [6.45, 7) is 7.73. The Bertz CT molecular complexity index is 858. The van der Waals surface area contributed by atoms with Crippen LogP contribution >= 0.6 is 11.6 Å². The van der Waals surface area contributed by atoms with Crippen LogP contribution in [0.25, 0.3) is 5.65 Å². The van der Waals surface area contributed by atoms with Crippen LogP contribution in [0.15, 0.2) is 12.4 Å². The Morgan fingerprint density at radius 2 is 2.08 bits per heavy atom. The van der Waals surface area contributed by atoms with Crippen LogP contribution in [-0.2, 0) is 14.3 Å². The molecule has 8 nitrogen and oxygen atoms in total. The Balaban J connectivity index is 2.10. The molecular formula is C17H21ClN4O4. The molecule has 0 fully saturated rings. The molecule has 3 rings (SSSR count). The fourth-order valence-electron chi connectivity index (χ4n) is 2.94. The normalized spacial score (nSPS) is 17.1. The fourth-order valence-corrected chi connectivity index (χ4v) is 3.11. The minimum atomic E-state index is -0.637. The molecule has 1 aliphatic heterocycles. The average Bonchev–Trinajstić information content (AvgIpc) is 2.93. The molecule has 1 unspecified atom stereocenters. The summed E-state index contributed by atoms with van der Waals surface area (Å²) in [6.07, 6.45) is 2.87. The molecule has 1 aliphatic rings. The van der Waals surface area contributed by atoms with Gasteiger partial charge >= 0.3 is 12.1 Å². The lowest BCUT2D eigenvalue weighted by Crippen LogP contribution is -2.42. The topological polar surface area (TPSA) is 86.0 Å². The molecule has 0 saturated heterocycles. The van der Waals surface area contributed by atoms with Crippen LogP contribution in [0.4, 0.5) is 10.5 Å². The van der Waals surface area contributed by atoms with E-state index in [-0.39, 0.29) is 12.6 Å². The number of aromatic nitrogens is 3. The van der Waals surface area contributed by atoms with E-state index in [1.165, 1.54) is 21.8 Å². The molecule has 0 N–H and O–H groups in total. The number of amides is 1. The summed E-state index contributed by atoms with van der Waals surface area (Å²) in [5.41, 5.74) is 0.779. The molecule has 140 valence electrons. The van der Waals surface area contributed by atoms with Crippen LogP contribution in [0.3, 0.4) is 0 Å². The zero-order valence-corrected chi connectivity index (χ0v) is 15.9. The Hall–Kier alpha value is -2.35. The number of hydrogen-bond donors (Lipinski definition) is 0. The third kappa shape index (κ3) is 3.33. The maximum Gasteiger partial charge on any atom is 0.414 e. The Kier molecular flexibility index (Phi) is 4.79. The number of anilines is 1. The van der Waals surface area contributed by atoms with Crippen molar-refractivity contribution in [2.75, 3.05) is 18.1 Å². The first-order valence-electron chi connectivity index (χ1n) is 8.42. The summed E-state index contributed by atoms with van der Waals surface area (Å²) in [4.78, 5) is 30.8. The second-order valence-corrected chi connectivity index (χ2v) is 7.39. The predicted molar refractivity (Wildman–Crippen MR) is 95.6 cm³/mol. The zero-order valence-electron chi connectivity index (χ0n) is 15.2. The average molecular weight is 381 g/mol. The molecule has 1 amide bonds. The number of ether oxygens (including phenoxy) is 2. The van der Waals surface area contributed by atoms with Crippen LogP contribution in [0.2, 0.25) is 5.02 Å². The Morgan fingerprint density at radius 3 is 2.73 bits per heavy atom. The van der Waals surface area contributed by atoms with Gasteiger partial charge < -0.3 is 9.47 Å². The molecule has 0 radical (unpaired) electrons. The standard InChI is InChI=1S/C17H21ClN4O4/c1-5-25-15(23)10-6-7-21(16(24)26-17(2,3)4)12-9-19-14-11(18)8-20-22(14)13(10)12/h8-10H,5-7H2,1-4H3. The number of carbonyl (C=O) groups excluding carboxylic acids is 2. The number of fused-ring (bicyclic) bond motifs is 3. The van der Waals surface area contributed by atoms with Crippen LogP contribution in [0.1, 0.15) is 45.7 Å². The first-order valence-corrected chi connectivity index (χ1v) is 8.80. The first-order chi connectivity index (χ1) is 12.2. The van der Waals surface area contributed by atoms with E-state index in [1.807, 2.05) is 0 Å². The van der Waals surface area contributed by atoms with Gasteiger partial charge in [-0.05, 0) is 34.1 Å². The summed E-state index contributed by atoms with van der Waals surface area (Å²) < 4.78 is 12.2. The van der Waals surface area contributed by atoms with E-state index in [9.17, 15) is 9.59 Å². The van der Waals surface area contributed by atoms with Gasteiger partial charge in [-0.1, -0.05) is 11.6 Å². The van der Waals surface area contributed by atoms with E-state index in [2.05, 4.69) is 10.1 Å². The van der Waals surface area contributed by atoms with Crippen LogP contribution in [0.5, 0.6) is 0 Å². The van der Waals surface area contributed by atoms with Crippen molar-refractivity contribution < 1.29 is 19.1 Å². The lowest BCUT2D eigenvalue weighted by Gasteiger charge is -2.34. The molecule has 26 heavy (non-hydrogen) atoms. The largest absolute Gasteiger partial charge is 0.465 e. The maximum absolute atomic E-state index is 12.6. The van der Waals surface area contributed by atoms with E-state index in [0.29, 0.717) is 35.0 Å². The quantitative estimate of drug-likeness (QED) is 0.744. The van der Waals surface area contributed by atoms with Gasteiger partial charge in [0.15, 0.2) is 5.65 Å². The second-order valence-electron chi connectivity index (χ2n) is 6.98. The van der Waals surface area contributed by atoms with Gasteiger partial charge in [0, 0.05) is 6.54 Å². The van der Waals surface area contributed by atoms with Gasteiger partial charge in [-0.25, -0.2) is 14.3 Å². The van der Waals surface area contributed by atoms with Gasteiger partial charge in [-0.15, -0.1) is 0 Å². The summed E-state index contributed by atoms with van der Waals surface area (Å²) >= 11 is 6.12. The molecular weight excluding hydrogens is 360 g/mol. The first kappa shape index (κ1) is 18.4. The third-order valence-electron chi connectivity index (χ3n) is 3.95. The van der Waals surface area contributed by atoms with E-state index in [4.69, 9.17) is 21.1 Å². The third-order valence-corrected chi connectivity index (χ3v) is 4.21. The van der Waals surface area contributed by atoms with E-state index >= 15 is 0 Å². The van der Waals surface area contributed by atoms with E-state index in [0.717, 1.165) is 0 Å². The smallest absolute Gasteiger partial charge is 0.414 e. The second kappa shape index (κ2) is 6.75. The van der Waals surface area contributed by atoms with Gasteiger partial charge in [-0.3, -0.25) is 9.69 Å². The summed E-state index contributed by atoms with van der Waals surface area (Å²) in [5, 5.41) is 4.59. The van der Waals surface area contributed by atoms with Crippen molar-refractivity contribution in [2.45, 2.75) is 45.6 Å². The molecule has 2 aromatic rings. The van der Waals surface area contributed by atoms with Gasteiger partial charge in [0.2, 0.25) is 0 Å². The lowest BCUT2D eigenvalue weighted by molar-refractivity contribution is -0.145. The Morgan fingerprint density at radius 1 is 1.35 bits per heavy atom. The van der Waals surface area contributed by atoms with Gasteiger partial charge in [0.1, 0.15) is 16.5 Å². The number of rotatable bonds is 2. The van der Waals surface area contributed by atoms with E-state index < -0.39 is 17.6 Å². The maximum atomic E-state index is 12.6. The molecule has 3 heterocycles. The zero-order chi connectivity index (χ0) is 19.1. The monoisotopic (exact) mass is 380 g/mol. The van der Waals surface area contributed by atoms with Crippen molar-refractivity contribution in [3.8, 4) is 0 Å². The van der Waals surface area contributed by atoms with Crippen molar-refractivity contribution in [3.63, 3.8) is 0 Å². The van der Waals surface area contributed by atoms with Crippen LogP contribution in [-0.4, -0.2) is 45.4 Å². The SMILES string of the molecule is CCOC(=O)C1CCN(C(=O)OC(C)(C)C)c2cnc3c(Cl)cnn3c21. The fraction of sp³-hybridized carbons (Fsp3) is 0.529. The van der Waals surface area contributed by atoms with Gasteiger partial charge in [0.05, 0.1) is 30.4 Å². The number of esters is 1. The highest BCUT2D eigenvalue weighted by atomic mass is 35.5. The summed E-state index contributed by atoms with van der Waals surface area (Å²) in [7, 11) is 0. The van der Waals surface area contributed by atoms with Crippen LogP contribution < -0.4 is 4.90 Å². The summed E-state index contributed by atoms with van der Waals surface area (Å²) in [5.74, 6) is -0.929. The highest BCUT2D eigenvalue weighted by molar-refractivity contribution is 6.33. The molecule has 0 spiro atoms. The van der Waals surface area contributed by atoms with Crippen molar-refractivity contribution >= 4 is 35.0 Å². The highest BCUT2D eigenvalue weighted by Crippen LogP contribution is 2.37. The lowest BCUT2D eigenvalue weighted by atomic mass is 9.95. The van der Waals surface area contributed by atoms with Crippen LogP contribution in [0, 0.1) is 0 Å². The number of nitrogens with zero attached hydrogens (tertiary/aromatic N) is 4. The molecule has 0 saturated carbocycles. The summed E-state index contributed by atoms with van der Waals surface area (Å²) in [6, 6.07) is 0. The predicted octanol–water partition coefficient (Wildman–Crippen LogP) is 3.17. The molecule has 2 aromatic heterocycles. The van der Waals surface area contributed by atoms with Crippen molar-refractivity contribution in [3.05, 3.63) is 23.1 Å². The molecule has 0 aromatic carbocycles. The van der Waals surface area contributed by atoms with Crippen molar-refractivity contribution in [1.82, 2.24) is 14.6 Å². The highest BCUT2D eigenvalue weighted by Gasteiger charge is 2.38. The minimum Gasteiger partial charge on any atom is -0.465 e. The minimum absolute atomic E-state index is 0.272. The Labute approximate surface area is 156 Å². The van der Waals surface area contributed by atoms with E-state index in [1.54, 1.807) is 27.7 Å². The molecule has 0 bridgehead atoms. The van der Waals surface area contributed by atoms with Crippen molar-refractivity contribution in [1.29, 1.82) is 0 Å². The van der Waals surface area contributed by atoms with Crippen molar-refractivity contribution in [2.24, 2.45) is 0 Å². The molecule has 0 aliphatic carbocycles. The molecule has 9 heteroatoms. The van der Waals surface area contributed by atoms with Gasteiger partial charge in [0.25, 0.3) is 0 Å². The molecule has 1 atom stereocenters. The number of hydrogen-bond acceptors (Lipinski definition) is 6. The number of halogens is 1.